The smallest absolute Gasteiger partial charge is 0.325 e. The molecule has 8 heteroatoms. The first-order valence-electron chi connectivity index (χ1n) is 5.47. The van der Waals surface area contributed by atoms with Crippen molar-refractivity contribution in [1.29, 1.82) is 0 Å². The second-order valence-electron chi connectivity index (χ2n) is 4.59. The van der Waals surface area contributed by atoms with Crippen LogP contribution in [0.2, 0.25) is 0 Å². The molecule has 1 aliphatic rings. The van der Waals surface area contributed by atoms with E-state index < -0.39 is 35.0 Å². The molecule has 1 aromatic heterocycles. The van der Waals surface area contributed by atoms with E-state index in [2.05, 4.69) is 10.3 Å². The van der Waals surface area contributed by atoms with Gasteiger partial charge in [-0.1, -0.05) is 0 Å². The number of aromatic amines is 2. The molecule has 1 saturated heterocycles. The lowest BCUT2D eigenvalue weighted by Crippen LogP contribution is -2.44. The molecular formula is C10H15N3O5. The number of hydrogen-bond acceptors (Lipinski definition) is 6. The van der Waals surface area contributed by atoms with Gasteiger partial charge >= 0.3 is 5.69 Å². The van der Waals surface area contributed by atoms with Crippen molar-refractivity contribution in [2.24, 2.45) is 0 Å². The largest absolute Gasteiger partial charge is 0.395 e. The molecule has 18 heavy (non-hydrogen) atoms. The Labute approximate surface area is 101 Å². The average Bonchev–Trinajstić information content (AvgIpc) is 2.52. The molecule has 0 amide bonds. The van der Waals surface area contributed by atoms with Gasteiger partial charge in [-0.15, -0.1) is 0 Å². The van der Waals surface area contributed by atoms with E-state index in [0.717, 1.165) is 0 Å². The zero-order valence-electron chi connectivity index (χ0n) is 9.67. The lowest BCUT2D eigenvalue weighted by molar-refractivity contribution is -0.0579. The molecule has 0 saturated carbocycles. The molecule has 0 radical (unpaired) electrons. The first-order valence-corrected chi connectivity index (χ1v) is 5.47. The topological polar surface area (TPSA) is 138 Å². The molecule has 100 valence electrons. The maximum Gasteiger partial charge on any atom is 0.325 e. The van der Waals surface area contributed by atoms with Crippen LogP contribution in [-0.4, -0.2) is 49.6 Å². The van der Waals surface area contributed by atoms with Gasteiger partial charge < -0.3 is 20.3 Å². The van der Waals surface area contributed by atoms with E-state index >= 15 is 0 Å². The summed E-state index contributed by atoms with van der Waals surface area (Å²) in [6, 6.07) is -1.62. The Morgan fingerprint density at radius 1 is 1.44 bits per heavy atom. The van der Waals surface area contributed by atoms with Crippen LogP contribution >= 0.6 is 0 Å². The number of hydrogen-bond donors (Lipinski definition) is 6. The van der Waals surface area contributed by atoms with Crippen LogP contribution in [0.15, 0.2) is 15.8 Å². The van der Waals surface area contributed by atoms with Crippen LogP contribution in [0.25, 0.3) is 0 Å². The third-order valence-electron chi connectivity index (χ3n) is 3.30. The van der Waals surface area contributed by atoms with Crippen molar-refractivity contribution in [3.05, 3.63) is 32.6 Å². The molecular weight excluding hydrogens is 242 g/mol. The number of nitrogens with one attached hydrogen (secondary N) is 3. The van der Waals surface area contributed by atoms with Crippen LogP contribution in [0.1, 0.15) is 18.5 Å². The van der Waals surface area contributed by atoms with Gasteiger partial charge in [0.15, 0.2) is 0 Å². The molecule has 4 atom stereocenters. The predicted octanol–water partition coefficient (Wildman–Crippen LogP) is -2.82. The predicted molar refractivity (Wildman–Crippen MR) is 61.1 cm³/mol. The minimum absolute atomic E-state index is 0.0922. The summed E-state index contributed by atoms with van der Waals surface area (Å²) in [5.41, 5.74) is -2.84. The standard InChI is InChI=1S/C10H15N3O5/c1-10(18)6(12-5(3-14)7(10)15)4-2-11-9(17)13-8(4)16/h2,5-7,12,14-15,18H,3H2,1H3,(H2,11,13,16,17)/t5-,6+,7-,10+/m1/s1. The first kappa shape index (κ1) is 13.0. The Morgan fingerprint density at radius 2 is 2.11 bits per heavy atom. The van der Waals surface area contributed by atoms with Gasteiger partial charge in [0.05, 0.1) is 24.3 Å². The van der Waals surface area contributed by atoms with Gasteiger partial charge in [-0.2, -0.15) is 0 Å². The number of aliphatic hydroxyl groups excluding tert-OH is 2. The summed E-state index contributed by atoms with van der Waals surface area (Å²) in [5.74, 6) is 0. The fraction of sp³-hybridized carbons (Fsp3) is 0.600. The van der Waals surface area contributed by atoms with Crippen molar-refractivity contribution >= 4 is 0 Å². The summed E-state index contributed by atoms with van der Waals surface area (Å²) < 4.78 is 0. The molecule has 6 N–H and O–H groups in total. The molecule has 8 nitrogen and oxygen atoms in total. The maximum absolute atomic E-state index is 11.6. The van der Waals surface area contributed by atoms with Crippen molar-refractivity contribution in [3.63, 3.8) is 0 Å². The van der Waals surface area contributed by atoms with Gasteiger partial charge in [-0.25, -0.2) is 4.79 Å². The fourth-order valence-electron chi connectivity index (χ4n) is 2.24. The Bertz CT molecular complexity index is 549. The van der Waals surface area contributed by atoms with Crippen molar-refractivity contribution < 1.29 is 15.3 Å². The van der Waals surface area contributed by atoms with E-state index in [1.807, 2.05) is 4.98 Å². The van der Waals surface area contributed by atoms with Crippen LogP contribution in [-0.2, 0) is 0 Å². The third kappa shape index (κ3) is 1.89. The van der Waals surface area contributed by atoms with Crippen molar-refractivity contribution in [2.75, 3.05) is 6.61 Å². The van der Waals surface area contributed by atoms with E-state index in [9.17, 15) is 19.8 Å². The molecule has 1 aliphatic heterocycles. The molecule has 0 bridgehead atoms. The zero-order valence-corrected chi connectivity index (χ0v) is 9.67. The number of aliphatic hydroxyl groups is 3. The lowest BCUT2D eigenvalue weighted by atomic mass is 9.89. The van der Waals surface area contributed by atoms with Gasteiger partial charge in [-0.05, 0) is 6.92 Å². The number of H-pyrrole nitrogens is 2. The van der Waals surface area contributed by atoms with E-state index in [-0.39, 0.29) is 12.2 Å². The fourth-order valence-corrected chi connectivity index (χ4v) is 2.24. The molecule has 1 aromatic rings. The summed E-state index contributed by atoms with van der Waals surface area (Å²) in [6.45, 7) is 0.977. The van der Waals surface area contributed by atoms with Crippen molar-refractivity contribution in [2.45, 2.75) is 30.7 Å². The quantitative estimate of drug-likeness (QED) is 0.338. The summed E-state index contributed by atoms with van der Waals surface area (Å²) in [5, 5.41) is 31.9. The van der Waals surface area contributed by atoms with E-state index in [1.165, 1.54) is 13.1 Å². The third-order valence-corrected chi connectivity index (χ3v) is 3.30. The summed E-state index contributed by atoms with van der Waals surface area (Å²) in [7, 11) is 0. The van der Waals surface area contributed by atoms with Gasteiger partial charge in [0.25, 0.3) is 5.56 Å². The van der Waals surface area contributed by atoms with Crippen LogP contribution in [0, 0.1) is 0 Å². The highest BCUT2D eigenvalue weighted by atomic mass is 16.3. The number of aromatic nitrogens is 2. The SMILES string of the molecule is C[C@@]1(O)[C@H](O)[C@@H](CO)N[C@H]1c1c[nH]c(=O)[nH]c1=O. The van der Waals surface area contributed by atoms with Gasteiger partial charge in [0.2, 0.25) is 0 Å². The summed E-state index contributed by atoms with van der Waals surface area (Å²) in [4.78, 5) is 26.9. The van der Waals surface area contributed by atoms with Crippen LogP contribution in [0.3, 0.4) is 0 Å². The van der Waals surface area contributed by atoms with Crippen molar-refractivity contribution in [3.8, 4) is 0 Å². The van der Waals surface area contributed by atoms with Gasteiger partial charge in [0, 0.05) is 6.20 Å². The van der Waals surface area contributed by atoms with Gasteiger partial charge in [-0.3, -0.25) is 15.1 Å². The summed E-state index contributed by atoms with van der Waals surface area (Å²) in [6.07, 6.45) is -0.0430. The lowest BCUT2D eigenvalue weighted by Gasteiger charge is -2.27. The Hall–Kier alpha value is -1.48. The minimum Gasteiger partial charge on any atom is -0.395 e. The molecule has 2 heterocycles. The molecule has 0 spiro atoms. The van der Waals surface area contributed by atoms with E-state index in [4.69, 9.17) is 5.11 Å². The normalized spacial score (nSPS) is 35.9. The van der Waals surface area contributed by atoms with Crippen LogP contribution in [0.5, 0.6) is 0 Å². The number of rotatable bonds is 2. The molecule has 0 aromatic carbocycles. The minimum atomic E-state index is -1.63. The Morgan fingerprint density at radius 3 is 2.61 bits per heavy atom. The zero-order chi connectivity index (χ0) is 13.5. The highest BCUT2D eigenvalue weighted by Gasteiger charge is 2.51. The Balaban J connectivity index is 2.45. The maximum atomic E-state index is 11.6. The highest BCUT2D eigenvalue weighted by molar-refractivity contribution is 5.21. The second-order valence-corrected chi connectivity index (χ2v) is 4.59. The Kier molecular flexibility index (Phi) is 3.11. The molecule has 2 rings (SSSR count). The molecule has 0 aliphatic carbocycles. The molecule has 1 fully saturated rings. The van der Waals surface area contributed by atoms with Gasteiger partial charge in [0.1, 0.15) is 11.7 Å². The van der Waals surface area contributed by atoms with E-state index in [0.29, 0.717) is 0 Å². The first-order chi connectivity index (χ1) is 8.37. The van der Waals surface area contributed by atoms with Crippen LogP contribution < -0.4 is 16.6 Å². The van der Waals surface area contributed by atoms with Crippen LogP contribution in [0.4, 0.5) is 0 Å². The van der Waals surface area contributed by atoms with E-state index in [1.54, 1.807) is 0 Å². The monoisotopic (exact) mass is 257 g/mol. The average molecular weight is 257 g/mol. The van der Waals surface area contributed by atoms with Crippen molar-refractivity contribution in [1.82, 2.24) is 15.3 Å². The highest BCUT2D eigenvalue weighted by Crippen LogP contribution is 2.34. The summed E-state index contributed by atoms with van der Waals surface area (Å²) >= 11 is 0. The second kappa shape index (κ2) is 4.32. The molecule has 0 unspecified atom stereocenters.